The van der Waals surface area contributed by atoms with Crippen molar-refractivity contribution in [2.75, 3.05) is 18.9 Å². The molecule has 0 saturated carbocycles. The van der Waals surface area contributed by atoms with Gasteiger partial charge in [-0.05, 0) is 43.0 Å². The molecule has 0 aliphatic heterocycles. The molecule has 0 fully saturated rings. The minimum absolute atomic E-state index is 0.0189. The summed E-state index contributed by atoms with van der Waals surface area (Å²) < 4.78 is 17.6. The maximum atomic E-state index is 14.1. The number of aromatic nitrogens is 4. The monoisotopic (exact) mass is 431 g/mol. The summed E-state index contributed by atoms with van der Waals surface area (Å²) in [6, 6.07) is 14.1. The van der Waals surface area contributed by atoms with Gasteiger partial charge in [0, 0.05) is 37.7 Å². The zero-order valence-corrected chi connectivity index (χ0v) is 18.4. The SMILES string of the molecule is C=CNCCC.CNc1cc(-c2ccc(C#N)c(F)c2)n(-c2ccc3c(cnn3C)c2)n1. The van der Waals surface area contributed by atoms with Crippen LogP contribution in [0.25, 0.3) is 27.8 Å². The number of nitrogens with one attached hydrogen (secondary N) is 2. The molecule has 32 heavy (non-hydrogen) atoms. The molecule has 2 N–H and O–H groups in total. The molecule has 4 aromatic rings. The molecule has 164 valence electrons. The summed E-state index contributed by atoms with van der Waals surface area (Å²) in [5.41, 5.74) is 3.24. The number of nitriles is 1. The number of hydrogen-bond donors (Lipinski definition) is 2. The molecule has 8 heteroatoms. The summed E-state index contributed by atoms with van der Waals surface area (Å²) in [6.45, 7) is 6.65. The van der Waals surface area contributed by atoms with Gasteiger partial charge in [-0.3, -0.25) is 4.68 Å². The Labute approximate surface area is 186 Å². The van der Waals surface area contributed by atoms with E-state index < -0.39 is 5.82 Å². The number of rotatable bonds is 6. The first-order valence-corrected chi connectivity index (χ1v) is 10.3. The van der Waals surface area contributed by atoms with Crippen molar-refractivity contribution in [3.8, 4) is 23.0 Å². The van der Waals surface area contributed by atoms with Crippen LogP contribution in [0.4, 0.5) is 10.2 Å². The Morgan fingerprint density at radius 2 is 2.03 bits per heavy atom. The summed E-state index contributed by atoms with van der Waals surface area (Å²) in [6.07, 6.45) is 4.68. The van der Waals surface area contributed by atoms with E-state index in [9.17, 15) is 4.39 Å². The van der Waals surface area contributed by atoms with Gasteiger partial charge < -0.3 is 10.6 Å². The first kappa shape index (κ1) is 22.6. The lowest BCUT2D eigenvalue weighted by atomic mass is 10.1. The summed E-state index contributed by atoms with van der Waals surface area (Å²) in [5.74, 6) is 0.113. The van der Waals surface area contributed by atoms with Crippen LogP contribution in [0.2, 0.25) is 0 Å². The van der Waals surface area contributed by atoms with Gasteiger partial charge in [-0.15, -0.1) is 5.10 Å². The second-order valence-corrected chi connectivity index (χ2v) is 7.05. The molecule has 0 radical (unpaired) electrons. The number of halogens is 1. The second-order valence-electron chi connectivity index (χ2n) is 7.05. The molecule has 0 amide bonds. The van der Waals surface area contributed by atoms with E-state index in [1.165, 1.54) is 18.6 Å². The smallest absolute Gasteiger partial charge is 0.148 e. The van der Waals surface area contributed by atoms with E-state index in [4.69, 9.17) is 5.26 Å². The fourth-order valence-corrected chi connectivity index (χ4v) is 3.20. The molecule has 2 aromatic heterocycles. The van der Waals surface area contributed by atoms with Crippen LogP contribution in [0, 0.1) is 17.1 Å². The van der Waals surface area contributed by atoms with Crippen LogP contribution in [0.15, 0.2) is 61.4 Å². The number of anilines is 1. The van der Waals surface area contributed by atoms with Crippen LogP contribution in [-0.2, 0) is 7.05 Å². The molecule has 0 aliphatic rings. The third-order valence-electron chi connectivity index (χ3n) is 4.86. The molecular weight excluding hydrogens is 405 g/mol. The van der Waals surface area contributed by atoms with E-state index in [1.54, 1.807) is 34.9 Å². The molecule has 0 aliphatic carbocycles. The normalized spacial score (nSPS) is 10.2. The van der Waals surface area contributed by atoms with Gasteiger partial charge in [0.2, 0.25) is 0 Å². The highest BCUT2D eigenvalue weighted by Crippen LogP contribution is 2.28. The van der Waals surface area contributed by atoms with E-state index in [0.29, 0.717) is 11.4 Å². The van der Waals surface area contributed by atoms with Crippen LogP contribution >= 0.6 is 0 Å². The highest BCUT2D eigenvalue weighted by Gasteiger charge is 2.14. The molecule has 2 heterocycles. The van der Waals surface area contributed by atoms with Crippen molar-refractivity contribution in [1.29, 1.82) is 5.26 Å². The van der Waals surface area contributed by atoms with E-state index in [1.807, 2.05) is 37.4 Å². The number of aryl methyl sites for hydroxylation is 1. The van der Waals surface area contributed by atoms with Crippen molar-refractivity contribution in [2.24, 2.45) is 7.05 Å². The first-order valence-electron chi connectivity index (χ1n) is 10.3. The highest BCUT2D eigenvalue weighted by atomic mass is 19.1. The lowest BCUT2D eigenvalue weighted by molar-refractivity contribution is 0.624. The number of hydrogen-bond acceptors (Lipinski definition) is 5. The molecule has 0 spiro atoms. The van der Waals surface area contributed by atoms with Crippen LogP contribution in [0.1, 0.15) is 18.9 Å². The topological polar surface area (TPSA) is 83.5 Å². The number of nitrogens with zero attached hydrogens (tertiary/aromatic N) is 5. The van der Waals surface area contributed by atoms with E-state index in [0.717, 1.165) is 28.8 Å². The second kappa shape index (κ2) is 10.3. The fraction of sp³-hybridized carbons (Fsp3) is 0.208. The largest absolute Gasteiger partial charge is 0.391 e. The van der Waals surface area contributed by atoms with Crippen molar-refractivity contribution >= 4 is 16.7 Å². The molecule has 4 rings (SSSR count). The Morgan fingerprint density at radius 3 is 2.66 bits per heavy atom. The Balaban J connectivity index is 0.000000427. The summed E-state index contributed by atoms with van der Waals surface area (Å²) in [5, 5.41) is 24.7. The quantitative estimate of drug-likeness (QED) is 0.436. The van der Waals surface area contributed by atoms with Crippen LogP contribution in [0.5, 0.6) is 0 Å². The van der Waals surface area contributed by atoms with E-state index in [-0.39, 0.29) is 5.56 Å². The van der Waals surface area contributed by atoms with E-state index in [2.05, 4.69) is 34.3 Å². The first-order chi connectivity index (χ1) is 15.5. The Bertz CT molecular complexity index is 1260. The Morgan fingerprint density at radius 1 is 1.22 bits per heavy atom. The van der Waals surface area contributed by atoms with Crippen molar-refractivity contribution in [3.05, 3.63) is 72.8 Å². The number of fused-ring (bicyclic) bond motifs is 1. The average molecular weight is 432 g/mol. The summed E-state index contributed by atoms with van der Waals surface area (Å²) >= 11 is 0. The van der Waals surface area contributed by atoms with Gasteiger partial charge in [-0.2, -0.15) is 10.4 Å². The molecule has 0 atom stereocenters. The molecule has 2 aromatic carbocycles. The van der Waals surface area contributed by atoms with E-state index >= 15 is 0 Å². The lowest BCUT2D eigenvalue weighted by Crippen LogP contribution is -2.03. The maximum absolute atomic E-state index is 14.1. The average Bonchev–Trinajstić information content (AvgIpc) is 3.41. The molecule has 0 unspecified atom stereocenters. The standard InChI is InChI=1S/C19H15FN6.C5H11N/c1-22-19-9-18(12-3-4-13(10-21)16(20)8-12)26(24-19)15-5-6-17-14(7-15)11-23-25(17)2;1-3-5-6-4-2/h3-9,11H,1-2H3,(H,22,24);4,6H,2-3,5H2,1H3. The van der Waals surface area contributed by atoms with Crippen LogP contribution in [0.3, 0.4) is 0 Å². The predicted octanol–water partition coefficient (Wildman–Crippen LogP) is 4.61. The summed E-state index contributed by atoms with van der Waals surface area (Å²) in [4.78, 5) is 0. The Kier molecular flexibility index (Phi) is 7.24. The zero-order chi connectivity index (χ0) is 23.1. The van der Waals surface area contributed by atoms with Crippen molar-refractivity contribution < 1.29 is 4.39 Å². The minimum Gasteiger partial charge on any atom is -0.391 e. The third-order valence-corrected chi connectivity index (χ3v) is 4.86. The van der Waals surface area contributed by atoms with Crippen molar-refractivity contribution in [1.82, 2.24) is 24.9 Å². The van der Waals surface area contributed by atoms with Gasteiger partial charge in [0.25, 0.3) is 0 Å². The fourth-order valence-electron chi connectivity index (χ4n) is 3.20. The molecule has 7 nitrogen and oxygen atoms in total. The van der Waals surface area contributed by atoms with Gasteiger partial charge in [0.1, 0.15) is 17.7 Å². The van der Waals surface area contributed by atoms with Gasteiger partial charge in [-0.25, -0.2) is 9.07 Å². The molecule has 0 bridgehead atoms. The molecule has 0 saturated heterocycles. The Hall–Kier alpha value is -4.12. The van der Waals surface area contributed by atoms with Gasteiger partial charge in [-0.1, -0.05) is 19.6 Å². The highest BCUT2D eigenvalue weighted by molar-refractivity contribution is 5.81. The van der Waals surface area contributed by atoms with Gasteiger partial charge >= 0.3 is 0 Å². The van der Waals surface area contributed by atoms with Gasteiger partial charge in [0.05, 0.1) is 28.7 Å². The molecular formula is C24H26FN7. The third kappa shape index (κ3) is 4.78. The minimum atomic E-state index is -0.550. The van der Waals surface area contributed by atoms with Crippen LogP contribution < -0.4 is 10.6 Å². The zero-order valence-electron chi connectivity index (χ0n) is 18.4. The van der Waals surface area contributed by atoms with Crippen molar-refractivity contribution in [2.45, 2.75) is 13.3 Å². The number of benzene rings is 2. The van der Waals surface area contributed by atoms with Gasteiger partial charge in [0.15, 0.2) is 0 Å². The van der Waals surface area contributed by atoms with Crippen LogP contribution in [-0.4, -0.2) is 33.2 Å². The predicted molar refractivity (Wildman–Crippen MR) is 126 cm³/mol. The lowest BCUT2D eigenvalue weighted by Gasteiger charge is -2.08. The van der Waals surface area contributed by atoms with Crippen molar-refractivity contribution in [3.63, 3.8) is 0 Å². The maximum Gasteiger partial charge on any atom is 0.148 e. The summed E-state index contributed by atoms with van der Waals surface area (Å²) in [7, 11) is 3.67.